The van der Waals surface area contributed by atoms with Gasteiger partial charge in [0.2, 0.25) is 10.0 Å². The molecule has 1 fully saturated rings. The lowest BCUT2D eigenvalue weighted by atomic mass is 10.0. The summed E-state index contributed by atoms with van der Waals surface area (Å²) < 4.78 is 77.2. The van der Waals surface area contributed by atoms with Gasteiger partial charge in [-0.05, 0) is 52.8 Å². The Labute approximate surface area is 178 Å². The van der Waals surface area contributed by atoms with Crippen LogP contribution in [0.15, 0.2) is 34.9 Å². The molecule has 3 aromatic rings. The molecule has 2 N–H and O–H groups in total. The van der Waals surface area contributed by atoms with Crippen molar-refractivity contribution >= 4 is 49.3 Å². The van der Waals surface area contributed by atoms with E-state index in [-0.39, 0.29) is 47.2 Å². The van der Waals surface area contributed by atoms with Crippen molar-refractivity contribution in [2.45, 2.75) is 18.1 Å². The van der Waals surface area contributed by atoms with Crippen molar-refractivity contribution in [1.29, 1.82) is 0 Å². The number of anilines is 1. The van der Waals surface area contributed by atoms with Gasteiger partial charge in [0.15, 0.2) is 17.2 Å². The van der Waals surface area contributed by atoms with Gasteiger partial charge in [0.25, 0.3) is 0 Å². The molecule has 2 aromatic carbocycles. The molecule has 29 heavy (non-hydrogen) atoms. The summed E-state index contributed by atoms with van der Waals surface area (Å²) in [5.74, 6) is -3.50. The molecule has 1 saturated carbocycles. The molecule has 10 heteroatoms. The minimum atomic E-state index is -3.99. The third-order valence-electron chi connectivity index (χ3n) is 5.01. The standard InChI is InChI=1S/C19H15F3INO4S/c20-14-7-11(23)2-1-9(14)5-13-17(22)16(21)12-3-4-28-19(12)18(13)24-29(26,27)15-6-10(15)8-25/h1-4,7,10,15,24-25H,5-6,8H2. The molecule has 0 radical (unpaired) electrons. The van der Waals surface area contributed by atoms with Crippen LogP contribution in [-0.2, 0) is 16.4 Å². The van der Waals surface area contributed by atoms with Crippen LogP contribution >= 0.6 is 22.6 Å². The summed E-state index contributed by atoms with van der Waals surface area (Å²) >= 11 is 1.92. The van der Waals surface area contributed by atoms with Crippen LogP contribution in [0.4, 0.5) is 18.9 Å². The highest BCUT2D eigenvalue weighted by atomic mass is 127. The number of halogens is 4. The highest BCUT2D eigenvalue weighted by Crippen LogP contribution is 2.41. The summed E-state index contributed by atoms with van der Waals surface area (Å²) in [7, 11) is -3.99. The maximum Gasteiger partial charge on any atom is 0.236 e. The van der Waals surface area contributed by atoms with Crippen molar-refractivity contribution in [1.82, 2.24) is 0 Å². The largest absolute Gasteiger partial charge is 0.462 e. The molecule has 0 saturated heterocycles. The zero-order chi connectivity index (χ0) is 20.9. The van der Waals surface area contributed by atoms with E-state index in [4.69, 9.17) is 9.52 Å². The molecule has 0 amide bonds. The summed E-state index contributed by atoms with van der Waals surface area (Å²) in [6, 6.07) is 5.48. The summed E-state index contributed by atoms with van der Waals surface area (Å²) in [6.07, 6.45) is 1.000. The van der Waals surface area contributed by atoms with Crippen LogP contribution in [0.3, 0.4) is 0 Å². The van der Waals surface area contributed by atoms with E-state index in [0.29, 0.717) is 3.57 Å². The lowest BCUT2D eigenvalue weighted by Gasteiger charge is -2.15. The number of nitrogens with one attached hydrogen (secondary N) is 1. The van der Waals surface area contributed by atoms with Gasteiger partial charge in [-0.1, -0.05) is 6.07 Å². The minimum Gasteiger partial charge on any atom is -0.462 e. The van der Waals surface area contributed by atoms with Crippen LogP contribution in [0.5, 0.6) is 0 Å². The smallest absolute Gasteiger partial charge is 0.236 e. The molecule has 1 heterocycles. The van der Waals surface area contributed by atoms with E-state index >= 15 is 0 Å². The fourth-order valence-corrected chi connectivity index (χ4v) is 5.51. The van der Waals surface area contributed by atoms with Gasteiger partial charge < -0.3 is 9.52 Å². The molecule has 5 nitrogen and oxygen atoms in total. The van der Waals surface area contributed by atoms with E-state index in [9.17, 15) is 21.6 Å². The first-order valence-corrected chi connectivity index (χ1v) is 11.3. The van der Waals surface area contributed by atoms with Gasteiger partial charge in [0.1, 0.15) is 5.82 Å². The third kappa shape index (κ3) is 3.73. The molecule has 154 valence electrons. The van der Waals surface area contributed by atoms with Crippen LogP contribution in [0.2, 0.25) is 0 Å². The molecular formula is C19H15F3INO4S. The molecule has 1 aliphatic carbocycles. The second-order valence-corrected chi connectivity index (χ2v) is 10.1. The molecule has 1 aromatic heterocycles. The number of hydrogen-bond donors (Lipinski definition) is 2. The van der Waals surface area contributed by atoms with Gasteiger partial charge in [-0.2, -0.15) is 0 Å². The second kappa shape index (κ2) is 7.47. The van der Waals surface area contributed by atoms with Gasteiger partial charge in [-0.15, -0.1) is 0 Å². The topological polar surface area (TPSA) is 79.5 Å². The number of fused-ring (bicyclic) bond motifs is 1. The van der Waals surface area contributed by atoms with Gasteiger partial charge in [0, 0.05) is 28.1 Å². The molecule has 4 rings (SSSR count). The Morgan fingerprint density at radius 2 is 1.97 bits per heavy atom. The molecular weight excluding hydrogens is 522 g/mol. The number of hydrogen-bond acceptors (Lipinski definition) is 4. The number of furan rings is 1. The number of aliphatic hydroxyl groups excluding tert-OH is 1. The Balaban J connectivity index is 1.84. The number of benzene rings is 2. The van der Waals surface area contributed by atoms with Crippen molar-refractivity contribution < 1.29 is 31.1 Å². The van der Waals surface area contributed by atoms with Crippen molar-refractivity contribution in [3.63, 3.8) is 0 Å². The van der Waals surface area contributed by atoms with Crippen LogP contribution < -0.4 is 4.72 Å². The van der Waals surface area contributed by atoms with Gasteiger partial charge in [0.05, 0.1) is 22.6 Å². The van der Waals surface area contributed by atoms with Crippen LogP contribution in [0, 0.1) is 26.9 Å². The third-order valence-corrected chi connectivity index (χ3v) is 7.54. The fraction of sp³-hybridized carbons (Fsp3) is 0.263. The molecule has 0 bridgehead atoms. The van der Waals surface area contributed by atoms with Gasteiger partial charge >= 0.3 is 0 Å². The monoisotopic (exact) mass is 537 g/mol. The Hall–Kier alpha value is -1.79. The average molecular weight is 537 g/mol. The summed E-state index contributed by atoms with van der Waals surface area (Å²) in [4.78, 5) is 0. The van der Waals surface area contributed by atoms with Crippen LogP contribution in [0.25, 0.3) is 11.0 Å². The van der Waals surface area contributed by atoms with Gasteiger partial charge in [-0.25, -0.2) is 21.6 Å². The summed E-state index contributed by atoms with van der Waals surface area (Å²) in [5, 5.41) is 8.10. The maximum atomic E-state index is 14.9. The quantitative estimate of drug-likeness (QED) is 0.463. The maximum absolute atomic E-state index is 14.9. The predicted octanol–water partition coefficient (Wildman–Crippen LogP) is 4.17. The molecule has 0 aliphatic heterocycles. The van der Waals surface area contributed by atoms with E-state index in [1.165, 1.54) is 18.2 Å². The van der Waals surface area contributed by atoms with Crippen molar-refractivity contribution in [3.05, 3.63) is 62.7 Å². The lowest BCUT2D eigenvalue weighted by molar-refractivity contribution is 0.277. The highest BCUT2D eigenvalue weighted by Gasteiger charge is 2.47. The molecule has 0 spiro atoms. The summed E-state index contributed by atoms with van der Waals surface area (Å²) in [6.45, 7) is -0.291. The fourth-order valence-electron chi connectivity index (χ4n) is 3.31. The van der Waals surface area contributed by atoms with Crippen molar-refractivity contribution in [2.24, 2.45) is 5.92 Å². The zero-order valence-corrected chi connectivity index (χ0v) is 17.7. The predicted molar refractivity (Wildman–Crippen MR) is 110 cm³/mol. The minimum absolute atomic E-state index is 0.0785. The van der Waals surface area contributed by atoms with Crippen LogP contribution in [-0.4, -0.2) is 25.4 Å². The lowest BCUT2D eigenvalue weighted by Crippen LogP contribution is -2.21. The Kier molecular flexibility index (Phi) is 5.28. The van der Waals surface area contributed by atoms with Crippen molar-refractivity contribution in [3.8, 4) is 0 Å². The van der Waals surface area contributed by atoms with E-state index in [1.54, 1.807) is 6.07 Å². The second-order valence-electron chi connectivity index (χ2n) is 6.92. The first-order chi connectivity index (χ1) is 13.7. The first-order valence-electron chi connectivity index (χ1n) is 8.66. The number of aliphatic hydroxyl groups is 1. The van der Waals surface area contributed by atoms with Crippen LogP contribution in [0.1, 0.15) is 17.5 Å². The Morgan fingerprint density at radius 3 is 2.62 bits per heavy atom. The Morgan fingerprint density at radius 1 is 1.21 bits per heavy atom. The normalized spacial score (nSPS) is 18.9. The number of rotatable bonds is 6. The summed E-state index contributed by atoms with van der Waals surface area (Å²) in [5.41, 5.74) is -0.704. The van der Waals surface area contributed by atoms with Crippen molar-refractivity contribution in [2.75, 3.05) is 11.3 Å². The van der Waals surface area contributed by atoms with Gasteiger partial charge in [-0.3, -0.25) is 4.72 Å². The van der Waals surface area contributed by atoms with E-state index in [2.05, 4.69) is 4.72 Å². The first kappa shape index (κ1) is 20.5. The highest BCUT2D eigenvalue weighted by molar-refractivity contribution is 14.1. The SMILES string of the molecule is O=S(=O)(Nc1c(Cc2ccc(I)cc2F)c(F)c(F)c2ccoc12)C1CC1CO. The average Bonchev–Trinajstić information content (AvgIpc) is 3.33. The van der Waals surface area contributed by atoms with E-state index in [1.807, 2.05) is 22.6 Å². The molecule has 1 aliphatic rings. The number of sulfonamides is 1. The Bertz CT molecular complexity index is 1210. The zero-order valence-electron chi connectivity index (χ0n) is 14.8. The van der Waals surface area contributed by atoms with E-state index < -0.39 is 38.6 Å². The van der Waals surface area contributed by atoms with E-state index in [0.717, 1.165) is 6.26 Å². The molecule has 2 atom stereocenters. The molecule has 2 unspecified atom stereocenters.